The highest BCUT2D eigenvalue weighted by Crippen LogP contribution is 2.36. The number of nitrogens with zero attached hydrogens (tertiary/aromatic N) is 1. The zero-order valence-electron chi connectivity index (χ0n) is 14.4. The first-order valence-electron chi connectivity index (χ1n) is 8.59. The molecule has 0 aliphatic carbocycles. The molecule has 146 valence electrons. The van der Waals surface area contributed by atoms with Crippen LogP contribution in [0.4, 0.5) is 18.9 Å². The van der Waals surface area contributed by atoms with E-state index >= 15 is 0 Å². The highest BCUT2D eigenvalue weighted by molar-refractivity contribution is 6.31. The lowest BCUT2D eigenvalue weighted by Gasteiger charge is -2.33. The van der Waals surface area contributed by atoms with Crippen molar-refractivity contribution in [2.45, 2.75) is 12.2 Å². The summed E-state index contributed by atoms with van der Waals surface area (Å²) in [6.07, 6.45) is -4.54. The molecule has 2 aliphatic rings. The van der Waals surface area contributed by atoms with Gasteiger partial charge in [0.05, 0.1) is 16.8 Å². The van der Waals surface area contributed by atoms with E-state index in [1.807, 2.05) is 0 Å². The molecule has 2 aromatic rings. The Labute approximate surface area is 163 Å². The Morgan fingerprint density at radius 2 is 1.86 bits per heavy atom. The maximum atomic E-state index is 13.1. The van der Waals surface area contributed by atoms with Crippen LogP contribution in [0.15, 0.2) is 36.4 Å². The molecule has 0 saturated carbocycles. The lowest BCUT2D eigenvalue weighted by Crippen LogP contribution is -2.57. The molecule has 0 unspecified atom stereocenters. The number of nitrogens with one attached hydrogen (secondary N) is 2. The average Bonchev–Trinajstić information content (AvgIpc) is 2.76. The van der Waals surface area contributed by atoms with Crippen LogP contribution in [0, 0.1) is 0 Å². The molecule has 2 heterocycles. The number of hydrogen-bond acceptors (Lipinski definition) is 3. The summed E-state index contributed by atoms with van der Waals surface area (Å²) >= 11 is 5.88. The van der Waals surface area contributed by atoms with Gasteiger partial charge in [0.15, 0.2) is 0 Å². The number of benzene rings is 2. The summed E-state index contributed by atoms with van der Waals surface area (Å²) in [6, 6.07) is 7.20. The van der Waals surface area contributed by atoms with Gasteiger partial charge >= 0.3 is 6.18 Å². The van der Waals surface area contributed by atoms with Crippen molar-refractivity contribution in [1.82, 2.24) is 10.2 Å². The van der Waals surface area contributed by atoms with Crippen molar-refractivity contribution in [3.8, 4) is 11.1 Å². The van der Waals surface area contributed by atoms with E-state index in [1.54, 1.807) is 6.07 Å². The van der Waals surface area contributed by atoms with Crippen LogP contribution in [-0.2, 0) is 11.0 Å². The van der Waals surface area contributed by atoms with Crippen molar-refractivity contribution in [1.29, 1.82) is 0 Å². The van der Waals surface area contributed by atoms with Gasteiger partial charge in [-0.05, 0) is 41.5 Å². The minimum atomic E-state index is -4.54. The van der Waals surface area contributed by atoms with Crippen molar-refractivity contribution in [2.24, 2.45) is 0 Å². The second-order valence-corrected chi connectivity index (χ2v) is 7.13. The van der Waals surface area contributed by atoms with Gasteiger partial charge in [0.1, 0.15) is 6.04 Å². The second-order valence-electron chi connectivity index (χ2n) is 6.69. The molecule has 2 aliphatic heterocycles. The number of hydrogen-bond donors (Lipinski definition) is 2. The minimum absolute atomic E-state index is 0.0541. The third kappa shape index (κ3) is 3.33. The van der Waals surface area contributed by atoms with E-state index in [9.17, 15) is 22.8 Å². The number of fused-ring (bicyclic) bond motifs is 2. The highest BCUT2D eigenvalue weighted by atomic mass is 35.5. The maximum absolute atomic E-state index is 13.1. The van der Waals surface area contributed by atoms with E-state index in [1.165, 1.54) is 23.1 Å². The fourth-order valence-corrected chi connectivity index (χ4v) is 3.72. The monoisotopic (exact) mass is 409 g/mol. The van der Waals surface area contributed by atoms with Gasteiger partial charge in [-0.3, -0.25) is 9.59 Å². The van der Waals surface area contributed by atoms with Crippen LogP contribution in [0.1, 0.15) is 15.9 Å². The van der Waals surface area contributed by atoms with Crippen LogP contribution in [0.2, 0.25) is 5.02 Å². The largest absolute Gasteiger partial charge is 0.416 e. The SMILES string of the molecule is O=C1Nc2ccc(-c3cc(Cl)cc(C(F)(F)F)c3)cc2C(=O)N2CCNC[C@@H]12. The van der Waals surface area contributed by atoms with Crippen molar-refractivity contribution in [2.75, 3.05) is 25.0 Å². The van der Waals surface area contributed by atoms with Gasteiger partial charge in [-0.2, -0.15) is 13.2 Å². The third-order valence-electron chi connectivity index (χ3n) is 4.87. The molecule has 1 atom stereocenters. The lowest BCUT2D eigenvalue weighted by atomic mass is 9.99. The van der Waals surface area contributed by atoms with Gasteiger partial charge in [-0.25, -0.2) is 0 Å². The number of amides is 2. The standard InChI is InChI=1S/C19H15ClF3N3O2/c20-13-6-11(5-12(8-13)19(21,22)23)10-1-2-15-14(7-10)18(28)26-4-3-24-9-16(26)17(27)25-15/h1-2,5-8,16,24H,3-4,9H2,(H,25,27)/t16-/m0/s1. The molecular weight excluding hydrogens is 395 g/mol. The maximum Gasteiger partial charge on any atom is 0.416 e. The summed E-state index contributed by atoms with van der Waals surface area (Å²) in [5.41, 5.74) is 0.354. The molecule has 4 rings (SSSR count). The predicted molar refractivity (Wildman–Crippen MR) is 98.2 cm³/mol. The number of carbonyl (C=O) groups excluding carboxylic acids is 2. The quantitative estimate of drug-likeness (QED) is 0.759. The molecule has 0 aromatic heterocycles. The molecule has 0 bridgehead atoms. The van der Waals surface area contributed by atoms with Crippen LogP contribution >= 0.6 is 11.6 Å². The van der Waals surface area contributed by atoms with E-state index < -0.39 is 17.8 Å². The average molecular weight is 410 g/mol. The molecule has 0 spiro atoms. The summed E-state index contributed by atoms with van der Waals surface area (Å²) in [6.45, 7) is 1.28. The van der Waals surface area contributed by atoms with Gasteiger partial charge < -0.3 is 15.5 Å². The van der Waals surface area contributed by atoms with E-state index in [2.05, 4.69) is 10.6 Å². The normalized spacial score (nSPS) is 19.6. The van der Waals surface area contributed by atoms with Crippen LogP contribution in [-0.4, -0.2) is 42.4 Å². The van der Waals surface area contributed by atoms with E-state index in [0.29, 0.717) is 30.9 Å². The number of anilines is 1. The first-order chi connectivity index (χ1) is 13.2. The molecule has 2 amide bonds. The number of rotatable bonds is 1. The minimum Gasteiger partial charge on any atom is -0.324 e. The molecule has 5 nitrogen and oxygen atoms in total. The second kappa shape index (κ2) is 6.79. The lowest BCUT2D eigenvalue weighted by molar-refractivity contribution is -0.137. The van der Waals surface area contributed by atoms with Crippen molar-refractivity contribution < 1.29 is 22.8 Å². The Morgan fingerprint density at radius 1 is 1.07 bits per heavy atom. The molecule has 9 heteroatoms. The molecular formula is C19H15ClF3N3O2. The summed E-state index contributed by atoms with van der Waals surface area (Å²) < 4.78 is 39.3. The number of carbonyl (C=O) groups is 2. The molecule has 2 N–H and O–H groups in total. The Morgan fingerprint density at radius 3 is 2.61 bits per heavy atom. The zero-order chi connectivity index (χ0) is 20.1. The fraction of sp³-hybridized carbons (Fsp3) is 0.263. The molecule has 1 saturated heterocycles. The molecule has 1 fully saturated rings. The van der Waals surface area contributed by atoms with Crippen molar-refractivity contribution >= 4 is 29.1 Å². The molecule has 0 radical (unpaired) electrons. The van der Waals surface area contributed by atoms with Crippen LogP contribution in [0.5, 0.6) is 0 Å². The first kappa shape index (κ1) is 18.8. The number of alkyl halides is 3. The van der Waals surface area contributed by atoms with E-state index in [-0.39, 0.29) is 28.0 Å². The van der Waals surface area contributed by atoms with Gasteiger partial charge in [0, 0.05) is 24.7 Å². The Hall–Kier alpha value is -2.58. The van der Waals surface area contributed by atoms with Crippen LogP contribution in [0.3, 0.4) is 0 Å². The van der Waals surface area contributed by atoms with Gasteiger partial charge in [-0.15, -0.1) is 0 Å². The molecule has 2 aromatic carbocycles. The van der Waals surface area contributed by atoms with E-state index in [4.69, 9.17) is 11.6 Å². The number of piperazine rings is 1. The van der Waals surface area contributed by atoms with Crippen molar-refractivity contribution in [3.63, 3.8) is 0 Å². The van der Waals surface area contributed by atoms with Crippen molar-refractivity contribution in [3.05, 3.63) is 52.5 Å². The van der Waals surface area contributed by atoms with E-state index in [0.717, 1.165) is 12.1 Å². The Bertz CT molecular complexity index is 977. The Kier molecular flexibility index (Phi) is 4.55. The summed E-state index contributed by atoms with van der Waals surface area (Å²) in [4.78, 5) is 26.9. The van der Waals surface area contributed by atoms with Gasteiger partial charge in [-0.1, -0.05) is 17.7 Å². The zero-order valence-corrected chi connectivity index (χ0v) is 15.2. The molecule has 28 heavy (non-hydrogen) atoms. The summed E-state index contributed by atoms with van der Waals surface area (Å²) in [5, 5.41) is 5.75. The smallest absolute Gasteiger partial charge is 0.324 e. The summed E-state index contributed by atoms with van der Waals surface area (Å²) in [5.74, 6) is -0.631. The van der Waals surface area contributed by atoms with Gasteiger partial charge in [0.2, 0.25) is 5.91 Å². The topological polar surface area (TPSA) is 61.4 Å². The van der Waals surface area contributed by atoms with Crippen LogP contribution < -0.4 is 10.6 Å². The summed E-state index contributed by atoms with van der Waals surface area (Å²) in [7, 11) is 0. The number of halogens is 4. The highest BCUT2D eigenvalue weighted by Gasteiger charge is 2.37. The Balaban J connectivity index is 1.79. The van der Waals surface area contributed by atoms with Gasteiger partial charge in [0.25, 0.3) is 5.91 Å². The first-order valence-corrected chi connectivity index (χ1v) is 8.96. The predicted octanol–water partition coefficient (Wildman–Crippen LogP) is 3.39. The fourth-order valence-electron chi connectivity index (χ4n) is 3.48. The van der Waals surface area contributed by atoms with Crippen LogP contribution in [0.25, 0.3) is 11.1 Å². The third-order valence-corrected chi connectivity index (χ3v) is 5.09.